The third kappa shape index (κ3) is 4.29. The molecule has 0 aliphatic carbocycles. The number of benzene rings is 7. The summed E-state index contributed by atoms with van der Waals surface area (Å²) in [5.41, 5.74) is 5.25. The van der Waals surface area contributed by atoms with Gasteiger partial charge in [-0.15, -0.1) is 0 Å². The Morgan fingerprint density at radius 3 is 1.60 bits per heavy atom. The predicted octanol–water partition coefficient (Wildman–Crippen LogP) is 10.00. The average Bonchev–Trinajstić information content (AvgIpc) is 3.08. The van der Waals surface area contributed by atoms with Crippen LogP contribution in [-0.4, -0.2) is 15.0 Å². The number of aromatic nitrogens is 3. The van der Waals surface area contributed by atoms with Crippen LogP contribution in [0.4, 0.5) is 0 Å². The van der Waals surface area contributed by atoms with Crippen LogP contribution >= 0.6 is 0 Å². The summed E-state index contributed by atoms with van der Waals surface area (Å²) in [7, 11) is 0. The molecule has 0 atom stereocenters. The van der Waals surface area contributed by atoms with Crippen LogP contribution in [-0.2, 0) is 0 Å². The summed E-state index contributed by atoms with van der Waals surface area (Å²) in [5.74, 6) is 1.97. The molecular formula is C39H25N3. The third-order valence-corrected chi connectivity index (χ3v) is 7.90. The molecule has 0 amide bonds. The van der Waals surface area contributed by atoms with Gasteiger partial charge in [-0.25, -0.2) is 15.0 Å². The van der Waals surface area contributed by atoms with E-state index in [1.54, 1.807) is 0 Å². The van der Waals surface area contributed by atoms with Gasteiger partial charge in [0.05, 0.1) is 0 Å². The molecule has 0 N–H and O–H groups in total. The third-order valence-electron chi connectivity index (χ3n) is 7.90. The van der Waals surface area contributed by atoms with Crippen LogP contribution in [0.25, 0.3) is 77.6 Å². The van der Waals surface area contributed by atoms with Gasteiger partial charge in [-0.3, -0.25) is 0 Å². The van der Waals surface area contributed by atoms with Crippen molar-refractivity contribution in [3.8, 4) is 45.3 Å². The fourth-order valence-electron chi connectivity index (χ4n) is 5.76. The second kappa shape index (κ2) is 10.1. The first-order valence-electron chi connectivity index (χ1n) is 14.1. The maximum Gasteiger partial charge on any atom is 0.164 e. The van der Waals surface area contributed by atoms with Gasteiger partial charge in [0.25, 0.3) is 0 Å². The Morgan fingerprint density at radius 2 is 0.810 bits per heavy atom. The minimum atomic E-state index is 0.653. The van der Waals surface area contributed by atoms with Gasteiger partial charge >= 0.3 is 0 Å². The average molecular weight is 536 g/mol. The molecule has 0 radical (unpaired) electrons. The molecule has 1 heterocycles. The molecule has 3 heteroatoms. The molecule has 8 rings (SSSR count). The van der Waals surface area contributed by atoms with Crippen molar-refractivity contribution in [3.63, 3.8) is 0 Å². The molecule has 1 aromatic heterocycles. The van der Waals surface area contributed by atoms with E-state index in [-0.39, 0.29) is 0 Å². The summed E-state index contributed by atoms with van der Waals surface area (Å²) in [5, 5.41) is 7.03. The zero-order valence-electron chi connectivity index (χ0n) is 22.8. The zero-order chi connectivity index (χ0) is 27.9. The van der Waals surface area contributed by atoms with Crippen LogP contribution in [0.2, 0.25) is 0 Å². The summed E-state index contributed by atoms with van der Waals surface area (Å²) in [6.45, 7) is 0. The topological polar surface area (TPSA) is 38.7 Å². The molecule has 8 aromatic rings. The second-order valence-corrected chi connectivity index (χ2v) is 10.5. The van der Waals surface area contributed by atoms with Gasteiger partial charge in [0.15, 0.2) is 17.5 Å². The van der Waals surface area contributed by atoms with Gasteiger partial charge in [0.2, 0.25) is 0 Å². The predicted molar refractivity (Wildman–Crippen MR) is 174 cm³/mol. The normalized spacial score (nSPS) is 11.3. The zero-order valence-corrected chi connectivity index (χ0v) is 22.8. The molecule has 0 aliphatic rings. The molecular weight excluding hydrogens is 510 g/mol. The fraction of sp³-hybridized carbons (Fsp3) is 0. The van der Waals surface area contributed by atoms with Crippen molar-refractivity contribution in [2.45, 2.75) is 0 Å². The standard InChI is InChI=1S/C39H25N3/c1-2-10-26(11-3-1)28-18-21-29(22-19-28)37-40-38(32-23-20-27-12-4-5-13-30(27)24-32)42-39(41-37)36-25-31-14-6-7-15-33(31)34-16-8-9-17-35(34)36/h1-25H. The van der Waals surface area contributed by atoms with Crippen molar-refractivity contribution in [1.82, 2.24) is 15.0 Å². The van der Waals surface area contributed by atoms with Gasteiger partial charge in [-0.05, 0) is 55.6 Å². The van der Waals surface area contributed by atoms with E-state index in [2.05, 4.69) is 146 Å². The molecule has 0 bridgehead atoms. The minimum absolute atomic E-state index is 0.653. The molecule has 42 heavy (non-hydrogen) atoms. The van der Waals surface area contributed by atoms with E-state index in [0.29, 0.717) is 17.5 Å². The molecule has 0 saturated heterocycles. The summed E-state index contributed by atoms with van der Waals surface area (Å²) in [6.07, 6.45) is 0. The summed E-state index contributed by atoms with van der Waals surface area (Å²) >= 11 is 0. The Morgan fingerprint density at radius 1 is 0.286 bits per heavy atom. The highest BCUT2D eigenvalue weighted by Gasteiger charge is 2.16. The van der Waals surface area contributed by atoms with E-state index >= 15 is 0 Å². The highest BCUT2D eigenvalue weighted by Crippen LogP contribution is 2.35. The van der Waals surface area contributed by atoms with Crippen molar-refractivity contribution in [1.29, 1.82) is 0 Å². The van der Waals surface area contributed by atoms with E-state index in [9.17, 15) is 0 Å². The maximum absolute atomic E-state index is 5.11. The van der Waals surface area contributed by atoms with E-state index in [1.165, 1.54) is 21.7 Å². The highest BCUT2D eigenvalue weighted by molar-refractivity contribution is 6.13. The van der Waals surface area contributed by atoms with E-state index in [0.717, 1.165) is 38.4 Å². The van der Waals surface area contributed by atoms with Crippen molar-refractivity contribution < 1.29 is 0 Å². The van der Waals surface area contributed by atoms with Gasteiger partial charge in [0, 0.05) is 16.7 Å². The maximum atomic E-state index is 5.11. The molecule has 0 saturated carbocycles. The number of hydrogen-bond donors (Lipinski definition) is 0. The van der Waals surface area contributed by atoms with Crippen LogP contribution in [0.15, 0.2) is 152 Å². The molecule has 196 valence electrons. The first kappa shape index (κ1) is 24.2. The van der Waals surface area contributed by atoms with Crippen molar-refractivity contribution in [3.05, 3.63) is 152 Å². The van der Waals surface area contributed by atoms with Gasteiger partial charge in [-0.1, -0.05) is 140 Å². The quantitative estimate of drug-likeness (QED) is 0.211. The number of fused-ring (bicyclic) bond motifs is 4. The van der Waals surface area contributed by atoms with Gasteiger partial charge in [-0.2, -0.15) is 0 Å². The molecule has 7 aromatic carbocycles. The molecule has 0 fully saturated rings. The van der Waals surface area contributed by atoms with Crippen molar-refractivity contribution >= 4 is 32.3 Å². The first-order valence-corrected chi connectivity index (χ1v) is 14.1. The number of hydrogen-bond acceptors (Lipinski definition) is 3. The Balaban J connectivity index is 1.35. The fourth-order valence-corrected chi connectivity index (χ4v) is 5.76. The summed E-state index contributed by atoms with van der Waals surface area (Å²) in [6, 6.07) is 52.8. The SMILES string of the molecule is c1ccc(-c2ccc(-c3nc(-c4ccc5ccccc5c4)nc(-c4cc5ccccc5c5ccccc45)n3)cc2)cc1. The largest absolute Gasteiger partial charge is 0.208 e. The Bertz CT molecular complexity index is 2240. The lowest BCUT2D eigenvalue weighted by Crippen LogP contribution is -2.01. The summed E-state index contributed by atoms with van der Waals surface area (Å²) < 4.78 is 0. The smallest absolute Gasteiger partial charge is 0.164 e. The number of nitrogens with zero attached hydrogens (tertiary/aromatic N) is 3. The lowest BCUT2D eigenvalue weighted by molar-refractivity contribution is 1.08. The highest BCUT2D eigenvalue weighted by atomic mass is 15.0. The van der Waals surface area contributed by atoms with Crippen LogP contribution < -0.4 is 0 Å². The van der Waals surface area contributed by atoms with Crippen molar-refractivity contribution in [2.24, 2.45) is 0 Å². The Hall–Kier alpha value is -5.67. The van der Waals surface area contributed by atoms with E-state index in [4.69, 9.17) is 15.0 Å². The lowest BCUT2D eigenvalue weighted by atomic mass is 9.97. The Labute approximate surface area is 243 Å². The van der Waals surface area contributed by atoms with Crippen LogP contribution in [0.3, 0.4) is 0 Å². The molecule has 3 nitrogen and oxygen atoms in total. The monoisotopic (exact) mass is 535 g/mol. The van der Waals surface area contributed by atoms with Crippen LogP contribution in [0.5, 0.6) is 0 Å². The lowest BCUT2D eigenvalue weighted by Gasteiger charge is -2.13. The summed E-state index contributed by atoms with van der Waals surface area (Å²) in [4.78, 5) is 15.2. The van der Waals surface area contributed by atoms with Gasteiger partial charge < -0.3 is 0 Å². The molecule has 0 aliphatic heterocycles. The molecule has 0 unspecified atom stereocenters. The molecule has 0 spiro atoms. The second-order valence-electron chi connectivity index (χ2n) is 10.5. The Kier molecular flexibility index (Phi) is 5.79. The van der Waals surface area contributed by atoms with E-state index in [1.807, 2.05) is 6.07 Å². The minimum Gasteiger partial charge on any atom is -0.208 e. The van der Waals surface area contributed by atoms with Crippen LogP contribution in [0.1, 0.15) is 0 Å². The van der Waals surface area contributed by atoms with Gasteiger partial charge in [0.1, 0.15) is 0 Å². The first-order chi connectivity index (χ1) is 20.8. The van der Waals surface area contributed by atoms with Crippen molar-refractivity contribution in [2.75, 3.05) is 0 Å². The number of rotatable bonds is 4. The van der Waals surface area contributed by atoms with Crippen LogP contribution in [0, 0.1) is 0 Å². The van der Waals surface area contributed by atoms with E-state index < -0.39 is 0 Å².